The van der Waals surface area contributed by atoms with Gasteiger partial charge in [0, 0.05) is 11.8 Å². The zero-order chi connectivity index (χ0) is 8.27. The number of aromatic nitrogens is 1. The summed E-state index contributed by atoms with van der Waals surface area (Å²) in [6, 6.07) is 4.98. The molecule has 0 aliphatic heterocycles. The van der Waals surface area contributed by atoms with Crippen LogP contribution < -0.4 is 0 Å². The highest BCUT2D eigenvalue weighted by Crippen LogP contribution is 2.06. The molecule has 0 saturated heterocycles. The van der Waals surface area contributed by atoms with Gasteiger partial charge in [-0.15, -0.1) is 0 Å². The van der Waals surface area contributed by atoms with Crippen molar-refractivity contribution in [2.24, 2.45) is 0 Å². The van der Waals surface area contributed by atoms with Gasteiger partial charge in [0.05, 0.1) is 5.69 Å². The van der Waals surface area contributed by atoms with Crippen molar-refractivity contribution in [1.29, 1.82) is 0 Å². The summed E-state index contributed by atoms with van der Waals surface area (Å²) in [6.07, 6.45) is -0.976. The van der Waals surface area contributed by atoms with Crippen LogP contribution in [-0.4, -0.2) is 4.98 Å². The first-order valence-electron chi connectivity index (χ1n) is 3.15. The summed E-state index contributed by atoms with van der Waals surface area (Å²) in [6.45, 7) is 1.76. The van der Waals surface area contributed by atoms with Gasteiger partial charge in [-0.25, -0.2) is 0 Å². The summed E-state index contributed by atoms with van der Waals surface area (Å²) < 4.78 is 23.3. The standard InChI is InChI=1S/C8H7F2N/c1-6-3-2-4-7(11-6)5-8(9)10/h2-5H,1H3. The Morgan fingerprint density at radius 2 is 2.18 bits per heavy atom. The lowest BCUT2D eigenvalue weighted by atomic mass is 10.3. The van der Waals surface area contributed by atoms with Crippen LogP contribution in [-0.2, 0) is 0 Å². The van der Waals surface area contributed by atoms with E-state index in [-0.39, 0.29) is 0 Å². The largest absolute Gasteiger partial charge is 0.272 e. The van der Waals surface area contributed by atoms with Crippen LogP contribution in [0.25, 0.3) is 6.08 Å². The van der Waals surface area contributed by atoms with Gasteiger partial charge in [-0.3, -0.25) is 4.98 Å². The summed E-state index contributed by atoms with van der Waals surface area (Å²) in [4.78, 5) is 3.86. The third kappa shape index (κ3) is 2.45. The van der Waals surface area contributed by atoms with Gasteiger partial charge in [0.1, 0.15) is 0 Å². The van der Waals surface area contributed by atoms with E-state index in [0.29, 0.717) is 5.69 Å². The molecule has 0 aliphatic carbocycles. The Balaban J connectivity index is 2.97. The molecule has 0 atom stereocenters. The molecular weight excluding hydrogens is 148 g/mol. The van der Waals surface area contributed by atoms with E-state index in [1.54, 1.807) is 19.1 Å². The van der Waals surface area contributed by atoms with E-state index >= 15 is 0 Å². The van der Waals surface area contributed by atoms with Gasteiger partial charge in [0.15, 0.2) is 0 Å². The fraction of sp³-hybridized carbons (Fsp3) is 0.125. The van der Waals surface area contributed by atoms with Crippen LogP contribution in [0.5, 0.6) is 0 Å². The van der Waals surface area contributed by atoms with Crippen LogP contribution in [0.4, 0.5) is 8.78 Å². The van der Waals surface area contributed by atoms with E-state index in [4.69, 9.17) is 0 Å². The Morgan fingerprint density at radius 3 is 2.73 bits per heavy atom. The van der Waals surface area contributed by atoms with Crippen molar-refractivity contribution in [1.82, 2.24) is 4.98 Å². The first-order chi connectivity index (χ1) is 5.18. The van der Waals surface area contributed by atoms with E-state index in [1.165, 1.54) is 6.07 Å². The summed E-state index contributed by atoms with van der Waals surface area (Å²) in [5.74, 6) is 0. The highest BCUT2D eigenvalue weighted by molar-refractivity contribution is 5.44. The Bertz CT molecular complexity index is 277. The number of rotatable bonds is 1. The lowest BCUT2D eigenvalue weighted by molar-refractivity contribution is 0.429. The van der Waals surface area contributed by atoms with Gasteiger partial charge < -0.3 is 0 Å². The predicted molar refractivity (Wildman–Crippen MR) is 39.2 cm³/mol. The molecule has 1 rings (SSSR count). The fourth-order valence-electron chi connectivity index (χ4n) is 0.756. The first-order valence-corrected chi connectivity index (χ1v) is 3.15. The molecule has 11 heavy (non-hydrogen) atoms. The van der Waals surface area contributed by atoms with Crippen molar-refractivity contribution in [2.45, 2.75) is 6.92 Å². The molecular formula is C8H7F2N. The van der Waals surface area contributed by atoms with Gasteiger partial charge in [-0.2, -0.15) is 8.78 Å². The molecule has 58 valence electrons. The van der Waals surface area contributed by atoms with Crippen LogP contribution in [0.3, 0.4) is 0 Å². The molecule has 3 heteroatoms. The van der Waals surface area contributed by atoms with Crippen molar-refractivity contribution in [2.75, 3.05) is 0 Å². The van der Waals surface area contributed by atoms with Crippen LogP contribution in [0, 0.1) is 6.92 Å². The third-order valence-electron chi connectivity index (χ3n) is 1.17. The van der Waals surface area contributed by atoms with Gasteiger partial charge in [0.25, 0.3) is 6.08 Å². The number of hydrogen-bond acceptors (Lipinski definition) is 1. The summed E-state index contributed by atoms with van der Waals surface area (Å²) in [5.41, 5.74) is 1.03. The molecule has 0 N–H and O–H groups in total. The van der Waals surface area contributed by atoms with Crippen molar-refractivity contribution >= 4 is 6.08 Å². The molecule has 0 unspecified atom stereocenters. The van der Waals surface area contributed by atoms with E-state index in [9.17, 15) is 8.78 Å². The fourth-order valence-corrected chi connectivity index (χ4v) is 0.756. The van der Waals surface area contributed by atoms with Crippen molar-refractivity contribution in [3.63, 3.8) is 0 Å². The second-order valence-corrected chi connectivity index (χ2v) is 2.14. The molecule has 0 spiro atoms. The monoisotopic (exact) mass is 155 g/mol. The number of pyridine rings is 1. The third-order valence-corrected chi connectivity index (χ3v) is 1.17. The Kier molecular flexibility index (Phi) is 2.31. The van der Waals surface area contributed by atoms with E-state index in [1.807, 2.05) is 0 Å². The molecule has 0 amide bonds. The molecule has 0 saturated carbocycles. The molecule has 0 bridgehead atoms. The molecule has 0 radical (unpaired) electrons. The molecule has 1 heterocycles. The molecule has 1 aromatic rings. The van der Waals surface area contributed by atoms with Gasteiger partial charge >= 0.3 is 0 Å². The van der Waals surface area contributed by atoms with Gasteiger partial charge in [0.2, 0.25) is 0 Å². The quantitative estimate of drug-likeness (QED) is 0.607. The first kappa shape index (κ1) is 7.85. The lowest BCUT2D eigenvalue weighted by Gasteiger charge is -1.92. The maximum Gasteiger partial charge on any atom is 0.272 e. The number of aryl methyl sites for hydroxylation is 1. The highest BCUT2D eigenvalue weighted by Gasteiger charge is 1.92. The minimum atomic E-state index is -1.72. The molecule has 1 nitrogen and oxygen atoms in total. The Hall–Kier alpha value is -1.25. The number of nitrogens with zero attached hydrogens (tertiary/aromatic N) is 1. The zero-order valence-electron chi connectivity index (χ0n) is 6.01. The minimum Gasteiger partial charge on any atom is -0.254 e. The Labute approximate surface area is 63.4 Å². The predicted octanol–water partition coefficient (Wildman–Crippen LogP) is 2.63. The van der Waals surface area contributed by atoms with Crippen molar-refractivity contribution < 1.29 is 8.78 Å². The molecule has 0 aromatic carbocycles. The van der Waals surface area contributed by atoms with Crippen molar-refractivity contribution in [3.8, 4) is 0 Å². The van der Waals surface area contributed by atoms with Crippen LogP contribution in [0.1, 0.15) is 11.4 Å². The highest BCUT2D eigenvalue weighted by atomic mass is 19.3. The molecule has 0 fully saturated rings. The second-order valence-electron chi connectivity index (χ2n) is 2.14. The van der Waals surface area contributed by atoms with Crippen LogP contribution >= 0.6 is 0 Å². The lowest BCUT2D eigenvalue weighted by Crippen LogP contribution is -1.83. The Morgan fingerprint density at radius 1 is 1.45 bits per heavy atom. The van der Waals surface area contributed by atoms with Crippen molar-refractivity contribution in [3.05, 3.63) is 35.7 Å². The topological polar surface area (TPSA) is 12.9 Å². The van der Waals surface area contributed by atoms with E-state index in [2.05, 4.69) is 4.98 Å². The molecule has 1 aromatic heterocycles. The van der Waals surface area contributed by atoms with E-state index < -0.39 is 6.08 Å². The van der Waals surface area contributed by atoms with Gasteiger partial charge in [-0.1, -0.05) is 6.07 Å². The maximum atomic E-state index is 11.7. The number of halogens is 2. The smallest absolute Gasteiger partial charge is 0.254 e. The van der Waals surface area contributed by atoms with Gasteiger partial charge in [-0.05, 0) is 19.1 Å². The maximum absolute atomic E-state index is 11.7. The van der Waals surface area contributed by atoms with Crippen LogP contribution in [0.15, 0.2) is 24.3 Å². The average Bonchev–Trinajstić information content (AvgIpc) is 1.85. The van der Waals surface area contributed by atoms with Crippen LogP contribution in [0.2, 0.25) is 0 Å². The normalized spacial score (nSPS) is 9.36. The summed E-state index contributed by atoms with van der Waals surface area (Å²) >= 11 is 0. The molecule has 0 aliphatic rings. The van der Waals surface area contributed by atoms with E-state index in [0.717, 1.165) is 11.8 Å². The SMILES string of the molecule is Cc1cccc(C=C(F)F)n1. The number of hydrogen-bond donors (Lipinski definition) is 0. The second kappa shape index (κ2) is 3.23. The minimum absolute atomic E-state index is 0.296. The average molecular weight is 155 g/mol. The summed E-state index contributed by atoms with van der Waals surface area (Å²) in [7, 11) is 0. The summed E-state index contributed by atoms with van der Waals surface area (Å²) in [5, 5.41) is 0. The zero-order valence-corrected chi connectivity index (χ0v) is 6.01.